The second-order valence-electron chi connectivity index (χ2n) is 7.00. The molecule has 0 spiro atoms. The Balaban J connectivity index is 2.16. The molecule has 28 heavy (non-hydrogen) atoms. The van der Waals surface area contributed by atoms with Crippen LogP contribution in [0.4, 0.5) is 5.69 Å². The van der Waals surface area contributed by atoms with Gasteiger partial charge in [0.15, 0.2) is 0 Å². The molecule has 1 saturated heterocycles. The average molecular weight is 392 g/mol. The summed E-state index contributed by atoms with van der Waals surface area (Å²) >= 11 is 0. The zero-order valence-corrected chi connectivity index (χ0v) is 16.2. The SMILES string of the molecule is CN=C(C(=O)NC(C)(CO)C(N)=O)c1cc(OCC2CCOCC2)ccc1N. The molecule has 2 rings (SSSR count). The number of benzene rings is 1. The van der Waals surface area contributed by atoms with Gasteiger partial charge in [-0.25, -0.2) is 0 Å². The fraction of sp³-hybridized carbons (Fsp3) is 0.526. The Bertz CT molecular complexity index is 746. The summed E-state index contributed by atoms with van der Waals surface area (Å²) in [7, 11) is 1.43. The Morgan fingerprint density at radius 1 is 1.39 bits per heavy atom. The third-order valence-electron chi connectivity index (χ3n) is 4.79. The summed E-state index contributed by atoms with van der Waals surface area (Å²) in [6.07, 6.45) is 1.89. The number of nitrogens with zero attached hydrogens (tertiary/aromatic N) is 1. The fourth-order valence-electron chi connectivity index (χ4n) is 2.79. The highest BCUT2D eigenvalue weighted by atomic mass is 16.5. The van der Waals surface area contributed by atoms with Crippen molar-refractivity contribution < 1.29 is 24.2 Å². The lowest BCUT2D eigenvalue weighted by Gasteiger charge is -2.25. The third kappa shape index (κ3) is 5.20. The van der Waals surface area contributed by atoms with E-state index < -0.39 is 24.0 Å². The molecule has 0 aromatic heterocycles. The fourth-order valence-corrected chi connectivity index (χ4v) is 2.79. The van der Waals surface area contributed by atoms with Crippen LogP contribution in [0.5, 0.6) is 5.75 Å². The molecule has 1 atom stereocenters. The molecule has 9 heteroatoms. The normalized spacial score (nSPS) is 17.6. The topological polar surface area (TPSA) is 149 Å². The number of nitrogens with two attached hydrogens (primary N) is 2. The number of hydrogen-bond donors (Lipinski definition) is 4. The minimum atomic E-state index is -1.61. The van der Waals surface area contributed by atoms with Crippen LogP contribution in [0.15, 0.2) is 23.2 Å². The Kier molecular flexibility index (Phi) is 7.36. The Hall–Kier alpha value is -2.65. The average Bonchev–Trinajstić information content (AvgIpc) is 2.69. The maximum Gasteiger partial charge on any atom is 0.271 e. The number of aliphatic hydroxyl groups is 1. The van der Waals surface area contributed by atoms with Gasteiger partial charge in [0.1, 0.15) is 17.0 Å². The molecule has 0 aliphatic carbocycles. The summed E-state index contributed by atoms with van der Waals surface area (Å²) in [5.74, 6) is -0.561. The number of amides is 2. The van der Waals surface area contributed by atoms with Gasteiger partial charge in [0.2, 0.25) is 5.91 Å². The maximum atomic E-state index is 12.7. The highest BCUT2D eigenvalue weighted by Crippen LogP contribution is 2.23. The van der Waals surface area contributed by atoms with Crippen molar-refractivity contribution in [3.63, 3.8) is 0 Å². The summed E-state index contributed by atoms with van der Waals surface area (Å²) in [6, 6.07) is 4.99. The van der Waals surface area contributed by atoms with Gasteiger partial charge in [0.25, 0.3) is 5.91 Å². The van der Waals surface area contributed by atoms with Gasteiger partial charge in [-0.15, -0.1) is 0 Å². The van der Waals surface area contributed by atoms with Crippen molar-refractivity contribution in [2.45, 2.75) is 25.3 Å². The van der Waals surface area contributed by atoms with Crippen LogP contribution < -0.4 is 21.5 Å². The lowest BCUT2D eigenvalue weighted by molar-refractivity contribution is -0.129. The monoisotopic (exact) mass is 392 g/mol. The number of primary amides is 1. The predicted molar refractivity (Wildman–Crippen MR) is 105 cm³/mol. The molecular weight excluding hydrogens is 364 g/mol. The van der Waals surface area contributed by atoms with E-state index in [4.69, 9.17) is 20.9 Å². The van der Waals surface area contributed by atoms with E-state index in [9.17, 15) is 14.7 Å². The summed E-state index contributed by atoms with van der Waals surface area (Å²) in [4.78, 5) is 28.2. The van der Waals surface area contributed by atoms with Crippen LogP contribution >= 0.6 is 0 Å². The highest BCUT2D eigenvalue weighted by molar-refractivity contribution is 6.46. The number of aliphatic imine (C=N–C) groups is 1. The van der Waals surface area contributed by atoms with Crippen LogP contribution in [0.1, 0.15) is 25.3 Å². The first kappa shape index (κ1) is 21.6. The van der Waals surface area contributed by atoms with Crippen LogP contribution in [0.3, 0.4) is 0 Å². The summed E-state index contributed by atoms with van der Waals surface area (Å²) in [6.45, 7) is 2.70. The lowest BCUT2D eigenvalue weighted by atomic mass is 10.0. The number of hydrogen-bond acceptors (Lipinski definition) is 7. The second kappa shape index (κ2) is 9.52. The van der Waals surface area contributed by atoms with Crippen molar-refractivity contribution in [3.8, 4) is 5.75 Å². The summed E-state index contributed by atoms with van der Waals surface area (Å²) in [5, 5.41) is 11.8. The molecule has 1 unspecified atom stereocenters. The number of rotatable bonds is 8. The van der Waals surface area contributed by atoms with Crippen molar-refractivity contribution in [2.24, 2.45) is 16.6 Å². The third-order valence-corrected chi connectivity index (χ3v) is 4.79. The molecule has 6 N–H and O–H groups in total. The molecule has 0 bridgehead atoms. The molecule has 1 aliphatic rings. The number of carbonyl (C=O) groups excluding carboxylic acids is 2. The van der Waals surface area contributed by atoms with Gasteiger partial charge in [0, 0.05) is 31.5 Å². The zero-order valence-electron chi connectivity index (χ0n) is 16.2. The first-order chi connectivity index (χ1) is 13.3. The number of anilines is 1. The Morgan fingerprint density at radius 3 is 2.64 bits per heavy atom. The molecule has 1 aromatic carbocycles. The van der Waals surface area contributed by atoms with Crippen LogP contribution in [0, 0.1) is 5.92 Å². The zero-order chi connectivity index (χ0) is 20.7. The van der Waals surface area contributed by atoms with Crippen LogP contribution in [-0.2, 0) is 14.3 Å². The van der Waals surface area contributed by atoms with Gasteiger partial charge in [-0.3, -0.25) is 14.6 Å². The van der Waals surface area contributed by atoms with Crippen LogP contribution in [-0.4, -0.2) is 61.6 Å². The number of ether oxygens (including phenoxy) is 2. The van der Waals surface area contributed by atoms with E-state index in [1.165, 1.54) is 14.0 Å². The first-order valence-electron chi connectivity index (χ1n) is 9.11. The molecule has 1 heterocycles. The first-order valence-corrected chi connectivity index (χ1v) is 9.11. The van der Waals surface area contributed by atoms with Crippen molar-refractivity contribution in [2.75, 3.05) is 39.2 Å². The van der Waals surface area contributed by atoms with Gasteiger partial charge in [0.05, 0.1) is 13.2 Å². The molecule has 1 fully saturated rings. The largest absolute Gasteiger partial charge is 0.493 e. The molecule has 0 saturated carbocycles. The summed E-state index contributed by atoms with van der Waals surface area (Å²) < 4.78 is 11.2. The van der Waals surface area contributed by atoms with Gasteiger partial charge in [-0.2, -0.15) is 0 Å². The van der Waals surface area contributed by atoms with Crippen LogP contribution in [0.25, 0.3) is 0 Å². The van der Waals surface area contributed by atoms with E-state index in [2.05, 4.69) is 10.3 Å². The second-order valence-corrected chi connectivity index (χ2v) is 7.00. The van der Waals surface area contributed by atoms with Gasteiger partial charge in [-0.05, 0) is 43.9 Å². The Morgan fingerprint density at radius 2 is 2.07 bits per heavy atom. The van der Waals surface area contributed by atoms with E-state index in [0.29, 0.717) is 29.5 Å². The standard InChI is InChI=1S/C19H28N4O5/c1-19(11-24,18(21)26)23-17(25)16(22-2)14-9-13(3-4-15(14)20)28-10-12-5-7-27-8-6-12/h3-4,9,12,24H,5-8,10-11,20H2,1-2H3,(H2,21,26)(H,23,25). The lowest BCUT2D eigenvalue weighted by Crippen LogP contribution is -2.59. The molecule has 2 amide bonds. The van der Waals surface area contributed by atoms with E-state index in [1.807, 2.05) is 0 Å². The predicted octanol–water partition coefficient (Wildman–Crippen LogP) is -0.154. The van der Waals surface area contributed by atoms with E-state index in [0.717, 1.165) is 26.1 Å². The number of carbonyl (C=O) groups is 2. The molecule has 9 nitrogen and oxygen atoms in total. The molecule has 1 aromatic rings. The van der Waals surface area contributed by atoms with E-state index in [-0.39, 0.29) is 5.71 Å². The maximum absolute atomic E-state index is 12.7. The van der Waals surface area contributed by atoms with Gasteiger partial charge in [-0.1, -0.05) is 0 Å². The minimum Gasteiger partial charge on any atom is -0.493 e. The molecule has 0 radical (unpaired) electrons. The van der Waals surface area contributed by atoms with Crippen molar-refractivity contribution in [1.82, 2.24) is 5.32 Å². The summed E-state index contributed by atoms with van der Waals surface area (Å²) in [5.41, 5.74) is 10.4. The van der Waals surface area contributed by atoms with Gasteiger partial charge >= 0.3 is 0 Å². The minimum absolute atomic E-state index is 0.00920. The van der Waals surface area contributed by atoms with Crippen molar-refractivity contribution >= 4 is 23.2 Å². The van der Waals surface area contributed by atoms with Crippen LogP contribution in [0.2, 0.25) is 0 Å². The number of nitrogen functional groups attached to an aromatic ring is 1. The van der Waals surface area contributed by atoms with Gasteiger partial charge < -0.3 is 31.4 Å². The highest BCUT2D eigenvalue weighted by Gasteiger charge is 2.34. The number of aliphatic hydroxyl groups excluding tert-OH is 1. The quantitative estimate of drug-likeness (QED) is 0.357. The molecule has 154 valence electrons. The Labute approximate surface area is 164 Å². The van der Waals surface area contributed by atoms with E-state index in [1.54, 1.807) is 18.2 Å². The smallest absolute Gasteiger partial charge is 0.271 e. The van der Waals surface area contributed by atoms with E-state index >= 15 is 0 Å². The molecular formula is C19H28N4O5. The van der Waals surface area contributed by atoms with Crippen molar-refractivity contribution in [3.05, 3.63) is 23.8 Å². The molecule has 1 aliphatic heterocycles. The number of nitrogens with one attached hydrogen (secondary N) is 1. The van der Waals surface area contributed by atoms with Crippen molar-refractivity contribution in [1.29, 1.82) is 0 Å².